The van der Waals surface area contributed by atoms with Gasteiger partial charge in [-0.05, 0) is 56.7 Å². The number of ether oxygens (including phenoxy) is 1. The Bertz CT molecular complexity index is 795. The van der Waals surface area contributed by atoms with E-state index in [9.17, 15) is 14.4 Å². The number of benzene rings is 1. The number of amides is 2. The Hall–Kier alpha value is -2.63. The summed E-state index contributed by atoms with van der Waals surface area (Å²) < 4.78 is 5.69. The number of nitrogens with one attached hydrogen (secondary N) is 1. The largest absolute Gasteiger partial charge is 0.459 e. The molecule has 2 fully saturated rings. The molecule has 0 radical (unpaired) electrons. The Morgan fingerprint density at radius 1 is 1.00 bits per heavy atom. The molecule has 1 heterocycles. The molecule has 1 aliphatic heterocycles. The van der Waals surface area contributed by atoms with Crippen LogP contribution in [0.15, 0.2) is 36.4 Å². The van der Waals surface area contributed by atoms with Gasteiger partial charge in [0.25, 0.3) is 0 Å². The van der Waals surface area contributed by atoms with Crippen molar-refractivity contribution in [3.05, 3.63) is 42.0 Å². The Morgan fingerprint density at radius 2 is 1.71 bits per heavy atom. The van der Waals surface area contributed by atoms with E-state index in [0.29, 0.717) is 24.1 Å². The number of hydrogen-bond donors (Lipinski definition) is 1. The second-order valence-corrected chi connectivity index (χ2v) is 7.87. The maximum Gasteiger partial charge on any atom is 0.338 e. The van der Waals surface area contributed by atoms with Gasteiger partial charge in [-0.2, -0.15) is 0 Å². The van der Waals surface area contributed by atoms with Gasteiger partial charge in [-0.25, -0.2) is 9.80 Å². The van der Waals surface area contributed by atoms with Crippen molar-refractivity contribution >= 4 is 23.5 Å². The van der Waals surface area contributed by atoms with Gasteiger partial charge in [0.2, 0.25) is 11.8 Å². The number of nitrogens with zero attached hydrogens (tertiary/aromatic N) is 1. The van der Waals surface area contributed by atoms with Gasteiger partial charge in [0.1, 0.15) is 6.10 Å². The van der Waals surface area contributed by atoms with Gasteiger partial charge < -0.3 is 4.74 Å². The predicted octanol–water partition coefficient (Wildman–Crippen LogP) is 3.53. The lowest BCUT2D eigenvalue weighted by Gasteiger charge is -2.38. The van der Waals surface area contributed by atoms with Gasteiger partial charge in [0.15, 0.2) is 0 Å². The minimum atomic E-state index is -0.372. The molecule has 2 amide bonds. The first-order valence-electron chi connectivity index (χ1n) is 10.2. The third-order valence-corrected chi connectivity index (χ3v) is 5.94. The number of carbonyl (C=O) groups excluding carboxylic acids is 3. The molecule has 0 bridgehead atoms. The van der Waals surface area contributed by atoms with E-state index in [1.165, 1.54) is 17.9 Å². The molecule has 0 aromatic heterocycles. The molecule has 1 aromatic rings. The number of rotatable bonds is 3. The summed E-state index contributed by atoms with van der Waals surface area (Å²) in [5.74, 6) is -1.32. The summed E-state index contributed by atoms with van der Waals surface area (Å²) in [5.41, 5.74) is 3.58. The SMILES string of the molecule is O=C(OC1CCCCCC1)c1cccc(N2NC(=O)[C@@H]3CC=CC[C@@H]3C2=O)c1. The number of allylic oxidation sites excluding steroid dienone is 2. The van der Waals surface area contributed by atoms with Gasteiger partial charge in [-0.15, -0.1) is 0 Å². The molecule has 4 rings (SSSR count). The minimum absolute atomic E-state index is 0.0373. The predicted molar refractivity (Wildman–Crippen MR) is 104 cm³/mol. The average Bonchev–Trinajstić information content (AvgIpc) is 2.99. The molecule has 1 aromatic carbocycles. The molecule has 2 atom stereocenters. The van der Waals surface area contributed by atoms with Crippen molar-refractivity contribution < 1.29 is 19.1 Å². The van der Waals surface area contributed by atoms with E-state index in [1.807, 2.05) is 12.2 Å². The summed E-state index contributed by atoms with van der Waals surface area (Å²) in [5, 5.41) is 1.28. The summed E-state index contributed by atoms with van der Waals surface area (Å²) in [6.45, 7) is 0. The van der Waals surface area contributed by atoms with Crippen LogP contribution < -0.4 is 10.4 Å². The van der Waals surface area contributed by atoms with Crippen molar-refractivity contribution in [3.8, 4) is 0 Å². The first kappa shape index (κ1) is 18.7. The Kier molecular flexibility index (Phi) is 5.46. The number of hydrogen-bond acceptors (Lipinski definition) is 4. The van der Waals surface area contributed by atoms with Gasteiger partial charge in [-0.1, -0.05) is 31.1 Å². The average molecular weight is 382 g/mol. The Balaban J connectivity index is 1.50. The maximum absolute atomic E-state index is 12.9. The number of anilines is 1. The number of esters is 1. The highest BCUT2D eigenvalue weighted by molar-refractivity contribution is 6.04. The Morgan fingerprint density at radius 3 is 2.46 bits per heavy atom. The zero-order chi connectivity index (χ0) is 19.5. The first-order valence-corrected chi connectivity index (χ1v) is 10.2. The smallest absolute Gasteiger partial charge is 0.338 e. The molecule has 0 unspecified atom stereocenters. The summed E-state index contributed by atoms with van der Waals surface area (Å²) in [7, 11) is 0. The summed E-state index contributed by atoms with van der Waals surface area (Å²) >= 11 is 0. The second-order valence-electron chi connectivity index (χ2n) is 7.87. The molecule has 1 N–H and O–H groups in total. The van der Waals surface area contributed by atoms with Crippen LogP contribution in [0.5, 0.6) is 0 Å². The molecule has 1 saturated carbocycles. The lowest BCUT2D eigenvalue weighted by atomic mass is 9.80. The van der Waals surface area contributed by atoms with E-state index in [0.717, 1.165) is 25.7 Å². The first-order chi connectivity index (χ1) is 13.6. The van der Waals surface area contributed by atoms with Crippen molar-refractivity contribution in [2.24, 2.45) is 11.8 Å². The lowest BCUT2D eigenvalue weighted by molar-refractivity contribution is -0.139. The standard InChI is InChI=1S/C22H26N2O4/c25-20-18-12-5-6-13-19(18)21(26)24(23-20)16-9-7-8-15(14-16)22(27)28-17-10-3-1-2-4-11-17/h5-9,14,17-19H,1-4,10-13H2,(H,23,25)/t18-,19+/m1/s1. The van der Waals surface area contributed by atoms with E-state index in [-0.39, 0.29) is 35.7 Å². The third-order valence-electron chi connectivity index (χ3n) is 5.94. The number of hydrazine groups is 1. The quantitative estimate of drug-likeness (QED) is 0.493. The summed E-state index contributed by atoms with van der Waals surface area (Å²) in [6, 6.07) is 6.74. The highest BCUT2D eigenvalue weighted by Crippen LogP contribution is 2.32. The Labute approximate surface area is 164 Å². The van der Waals surface area contributed by atoms with E-state index >= 15 is 0 Å². The van der Waals surface area contributed by atoms with Gasteiger partial charge >= 0.3 is 5.97 Å². The maximum atomic E-state index is 12.9. The van der Waals surface area contributed by atoms with E-state index in [1.54, 1.807) is 24.3 Å². The molecule has 0 spiro atoms. The molecular formula is C22H26N2O4. The number of fused-ring (bicyclic) bond motifs is 1. The van der Waals surface area contributed by atoms with E-state index in [2.05, 4.69) is 5.43 Å². The van der Waals surface area contributed by atoms with Crippen LogP contribution in [0.25, 0.3) is 0 Å². The fraction of sp³-hybridized carbons (Fsp3) is 0.500. The molecule has 3 aliphatic rings. The molecular weight excluding hydrogens is 356 g/mol. The summed E-state index contributed by atoms with van der Waals surface area (Å²) in [6.07, 6.45) is 11.4. The molecule has 6 heteroatoms. The minimum Gasteiger partial charge on any atom is -0.459 e. The van der Waals surface area contributed by atoms with Gasteiger partial charge in [-0.3, -0.25) is 15.0 Å². The van der Waals surface area contributed by atoms with Crippen molar-refractivity contribution in [2.45, 2.75) is 57.5 Å². The van der Waals surface area contributed by atoms with Crippen LogP contribution in [0.4, 0.5) is 5.69 Å². The van der Waals surface area contributed by atoms with E-state index in [4.69, 9.17) is 4.74 Å². The van der Waals surface area contributed by atoms with Crippen LogP contribution in [0, 0.1) is 11.8 Å². The zero-order valence-electron chi connectivity index (χ0n) is 15.9. The normalized spacial score (nSPS) is 25.6. The van der Waals surface area contributed by atoms with Crippen LogP contribution in [0.1, 0.15) is 61.7 Å². The molecule has 1 saturated heterocycles. The van der Waals surface area contributed by atoms with Crippen LogP contribution >= 0.6 is 0 Å². The summed E-state index contributed by atoms with van der Waals surface area (Å²) in [4.78, 5) is 38.0. The van der Waals surface area contributed by atoms with Crippen molar-refractivity contribution in [3.63, 3.8) is 0 Å². The third kappa shape index (κ3) is 3.81. The number of carbonyl (C=O) groups is 3. The fourth-order valence-corrected chi connectivity index (χ4v) is 4.33. The topological polar surface area (TPSA) is 75.7 Å². The van der Waals surface area contributed by atoms with Gasteiger partial charge in [0, 0.05) is 0 Å². The van der Waals surface area contributed by atoms with Crippen molar-refractivity contribution in [1.82, 2.24) is 5.43 Å². The molecule has 6 nitrogen and oxygen atoms in total. The molecule has 148 valence electrons. The molecule has 2 aliphatic carbocycles. The fourth-order valence-electron chi connectivity index (χ4n) is 4.33. The van der Waals surface area contributed by atoms with Crippen LogP contribution in [-0.2, 0) is 14.3 Å². The van der Waals surface area contributed by atoms with Crippen LogP contribution in [-0.4, -0.2) is 23.9 Å². The van der Waals surface area contributed by atoms with Crippen LogP contribution in [0.3, 0.4) is 0 Å². The van der Waals surface area contributed by atoms with Crippen LogP contribution in [0.2, 0.25) is 0 Å². The van der Waals surface area contributed by atoms with Crippen molar-refractivity contribution in [1.29, 1.82) is 0 Å². The highest BCUT2D eigenvalue weighted by Gasteiger charge is 2.42. The van der Waals surface area contributed by atoms with E-state index < -0.39 is 0 Å². The highest BCUT2D eigenvalue weighted by atomic mass is 16.5. The second kappa shape index (κ2) is 8.17. The lowest BCUT2D eigenvalue weighted by Crippen LogP contribution is -2.59. The molecule has 28 heavy (non-hydrogen) atoms. The monoisotopic (exact) mass is 382 g/mol. The van der Waals surface area contributed by atoms with Gasteiger partial charge in [0.05, 0.1) is 23.1 Å². The van der Waals surface area contributed by atoms with Crippen molar-refractivity contribution in [2.75, 3.05) is 5.01 Å². The zero-order valence-corrected chi connectivity index (χ0v) is 15.9.